The topological polar surface area (TPSA) is 49.3 Å². The molecule has 3 aromatic rings. The highest BCUT2D eigenvalue weighted by Crippen LogP contribution is 2.31. The van der Waals surface area contributed by atoms with Crippen LogP contribution in [-0.4, -0.2) is 11.0 Å². The maximum absolute atomic E-state index is 12.2. The predicted octanol–water partition coefficient (Wildman–Crippen LogP) is 5.13. The van der Waals surface area contributed by atoms with Crippen LogP contribution in [0.25, 0.3) is 0 Å². The number of amides is 1. The van der Waals surface area contributed by atoms with Crippen LogP contribution in [0.2, 0.25) is 10.0 Å². The fraction of sp³-hybridized carbons (Fsp3) is 0.118. The Balaban J connectivity index is 1.65. The molecule has 1 aromatic carbocycles. The predicted molar refractivity (Wildman–Crippen MR) is 100 cm³/mol. The third-order valence-corrected chi connectivity index (χ3v) is 5.99. The van der Waals surface area contributed by atoms with E-state index < -0.39 is 6.10 Å². The highest BCUT2D eigenvalue weighted by Gasteiger charge is 2.15. The lowest BCUT2D eigenvalue weighted by Gasteiger charge is -2.07. The van der Waals surface area contributed by atoms with E-state index in [1.807, 2.05) is 29.6 Å². The van der Waals surface area contributed by atoms with E-state index in [1.54, 1.807) is 18.2 Å². The van der Waals surface area contributed by atoms with Crippen molar-refractivity contribution >= 4 is 51.8 Å². The van der Waals surface area contributed by atoms with Crippen LogP contribution < -0.4 is 5.32 Å². The molecule has 1 amide bonds. The van der Waals surface area contributed by atoms with Crippen molar-refractivity contribution in [3.63, 3.8) is 0 Å². The summed E-state index contributed by atoms with van der Waals surface area (Å²) in [6.07, 6.45) is -0.623. The molecule has 0 aliphatic carbocycles. The minimum Gasteiger partial charge on any atom is -0.382 e. The number of halogens is 2. The van der Waals surface area contributed by atoms with Crippen LogP contribution in [0.4, 0.5) is 0 Å². The number of thiophene rings is 2. The molecule has 3 rings (SSSR count). The fourth-order valence-corrected chi connectivity index (χ4v) is 4.29. The zero-order chi connectivity index (χ0) is 17.1. The van der Waals surface area contributed by atoms with Crippen LogP contribution in [0, 0.1) is 0 Å². The maximum Gasteiger partial charge on any atom is 0.253 e. The lowest BCUT2D eigenvalue weighted by atomic mass is 10.2. The Kier molecular flexibility index (Phi) is 5.58. The molecule has 2 heterocycles. The van der Waals surface area contributed by atoms with Crippen LogP contribution in [0.15, 0.2) is 47.8 Å². The molecule has 7 heteroatoms. The summed E-state index contributed by atoms with van der Waals surface area (Å²) < 4.78 is 0. The minimum atomic E-state index is -0.623. The Hall–Kier alpha value is -1.37. The van der Waals surface area contributed by atoms with Gasteiger partial charge in [0, 0.05) is 19.7 Å². The third kappa shape index (κ3) is 3.99. The molecule has 2 N–H and O–H groups in total. The number of hydrogen-bond donors (Lipinski definition) is 2. The number of aliphatic hydroxyl groups is 1. The number of carbonyl (C=O) groups is 1. The van der Waals surface area contributed by atoms with Crippen molar-refractivity contribution in [2.24, 2.45) is 0 Å². The molecule has 0 spiro atoms. The van der Waals surface area contributed by atoms with Gasteiger partial charge in [0.25, 0.3) is 5.91 Å². The third-order valence-electron chi connectivity index (χ3n) is 3.36. The van der Waals surface area contributed by atoms with Gasteiger partial charge in [-0.1, -0.05) is 29.3 Å². The van der Waals surface area contributed by atoms with Crippen LogP contribution in [-0.2, 0) is 6.54 Å². The van der Waals surface area contributed by atoms with E-state index in [9.17, 15) is 9.90 Å². The van der Waals surface area contributed by atoms with Crippen molar-refractivity contribution in [1.82, 2.24) is 5.32 Å². The van der Waals surface area contributed by atoms with Crippen molar-refractivity contribution in [3.05, 3.63) is 78.1 Å². The Morgan fingerprint density at radius 1 is 1.17 bits per heavy atom. The summed E-state index contributed by atoms with van der Waals surface area (Å²) in [6, 6.07) is 12.4. The summed E-state index contributed by atoms with van der Waals surface area (Å²) in [5, 5.41) is 15.9. The molecule has 1 atom stereocenters. The second kappa shape index (κ2) is 7.68. The van der Waals surface area contributed by atoms with Gasteiger partial charge in [0.2, 0.25) is 0 Å². The lowest BCUT2D eigenvalue weighted by molar-refractivity contribution is 0.0951. The SMILES string of the molecule is O=C(NCc1ccc(C(O)c2cccs2)s1)c1cc(Cl)ccc1Cl. The average Bonchev–Trinajstić information content (AvgIpc) is 3.26. The number of rotatable bonds is 5. The van der Waals surface area contributed by atoms with E-state index in [2.05, 4.69) is 5.32 Å². The molecular formula is C17H13Cl2NO2S2. The van der Waals surface area contributed by atoms with Crippen LogP contribution >= 0.6 is 45.9 Å². The molecule has 0 saturated heterocycles. The molecule has 0 aliphatic heterocycles. The summed E-state index contributed by atoms with van der Waals surface area (Å²) in [4.78, 5) is 14.9. The molecule has 2 aromatic heterocycles. The van der Waals surface area contributed by atoms with E-state index in [4.69, 9.17) is 23.2 Å². The first-order valence-electron chi connectivity index (χ1n) is 7.08. The molecule has 124 valence electrons. The first kappa shape index (κ1) is 17.5. The molecule has 3 nitrogen and oxygen atoms in total. The van der Waals surface area contributed by atoms with Crippen LogP contribution in [0.1, 0.15) is 31.1 Å². The highest BCUT2D eigenvalue weighted by atomic mass is 35.5. The van der Waals surface area contributed by atoms with Crippen molar-refractivity contribution < 1.29 is 9.90 Å². The molecule has 0 fully saturated rings. The number of benzene rings is 1. The summed E-state index contributed by atoms with van der Waals surface area (Å²) in [5.41, 5.74) is 0.347. The second-order valence-electron chi connectivity index (χ2n) is 5.03. The molecule has 0 radical (unpaired) electrons. The van der Waals surface area contributed by atoms with Crippen molar-refractivity contribution in [2.75, 3.05) is 0 Å². The van der Waals surface area contributed by atoms with Gasteiger partial charge in [-0.15, -0.1) is 22.7 Å². The summed E-state index contributed by atoms with van der Waals surface area (Å²) >= 11 is 14.9. The smallest absolute Gasteiger partial charge is 0.253 e. The van der Waals surface area contributed by atoms with Gasteiger partial charge in [-0.05, 0) is 41.8 Å². The van der Waals surface area contributed by atoms with Gasteiger partial charge in [-0.25, -0.2) is 0 Å². The second-order valence-corrected chi connectivity index (χ2v) is 8.05. The largest absolute Gasteiger partial charge is 0.382 e. The zero-order valence-electron chi connectivity index (χ0n) is 12.3. The standard InChI is InChI=1S/C17H13Cl2NO2S2/c18-10-3-5-13(19)12(8-10)17(22)20-9-11-4-6-15(24-11)16(21)14-2-1-7-23-14/h1-8,16,21H,9H2,(H,20,22). The van der Waals surface area contributed by atoms with Crippen LogP contribution in [0.5, 0.6) is 0 Å². The van der Waals surface area contributed by atoms with Crippen molar-refractivity contribution in [2.45, 2.75) is 12.6 Å². The molecular weight excluding hydrogens is 385 g/mol. The zero-order valence-corrected chi connectivity index (χ0v) is 15.5. The maximum atomic E-state index is 12.2. The fourth-order valence-electron chi connectivity index (χ4n) is 2.16. The van der Waals surface area contributed by atoms with E-state index >= 15 is 0 Å². The van der Waals surface area contributed by atoms with Crippen molar-refractivity contribution in [1.29, 1.82) is 0 Å². The van der Waals surface area contributed by atoms with Crippen LogP contribution in [0.3, 0.4) is 0 Å². The Bertz CT molecular complexity index is 846. The molecule has 1 unspecified atom stereocenters. The van der Waals surface area contributed by atoms with Gasteiger partial charge in [0.05, 0.1) is 17.1 Å². The van der Waals surface area contributed by atoms with E-state index in [1.165, 1.54) is 22.7 Å². The number of hydrogen-bond acceptors (Lipinski definition) is 4. The first-order chi connectivity index (χ1) is 11.5. The molecule has 0 bridgehead atoms. The highest BCUT2D eigenvalue weighted by molar-refractivity contribution is 7.12. The normalized spacial score (nSPS) is 12.1. The number of aliphatic hydroxyl groups excluding tert-OH is 1. The van der Waals surface area contributed by atoms with Gasteiger partial charge >= 0.3 is 0 Å². The Morgan fingerprint density at radius 3 is 2.75 bits per heavy atom. The Morgan fingerprint density at radius 2 is 2.00 bits per heavy atom. The number of carbonyl (C=O) groups excluding carboxylic acids is 1. The lowest BCUT2D eigenvalue weighted by Crippen LogP contribution is -2.22. The van der Waals surface area contributed by atoms with Gasteiger partial charge in [0.15, 0.2) is 0 Å². The minimum absolute atomic E-state index is 0.281. The summed E-state index contributed by atoms with van der Waals surface area (Å²) in [6.45, 7) is 0.365. The first-order valence-corrected chi connectivity index (χ1v) is 9.53. The van der Waals surface area contributed by atoms with E-state index in [0.717, 1.165) is 14.6 Å². The summed E-state index contributed by atoms with van der Waals surface area (Å²) in [7, 11) is 0. The van der Waals surface area contributed by atoms with E-state index in [0.29, 0.717) is 22.2 Å². The van der Waals surface area contributed by atoms with E-state index in [-0.39, 0.29) is 5.91 Å². The number of nitrogens with one attached hydrogen (secondary N) is 1. The molecule has 0 saturated carbocycles. The van der Waals surface area contributed by atoms with Gasteiger partial charge in [-0.3, -0.25) is 4.79 Å². The average molecular weight is 398 g/mol. The molecule has 0 aliphatic rings. The monoisotopic (exact) mass is 397 g/mol. The molecule has 24 heavy (non-hydrogen) atoms. The quantitative estimate of drug-likeness (QED) is 0.626. The van der Waals surface area contributed by atoms with Gasteiger partial charge in [0.1, 0.15) is 6.10 Å². The van der Waals surface area contributed by atoms with Gasteiger partial charge in [-0.2, -0.15) is 0 Å². The van der Waals surface area contributed by atoms with Crippen molar-refractivity contribution in [3.8, 4) is 0 Å². The summed E-state index contributed by atoms with van der Waals surface area (Å²) in [5.74, 6) is -0.281. The Labute approximate surface area is 157 Å². The van der Waals surface area contributed by atoms with Gasteiger partial charge < -0.3 is 10.4 Å².